The minimum Gasteiger partial charge on any atom is -0.379 e. The fourth-order valence-electron chi connectivity index (χ4n) is 5.47. The van der Waals surface area contributed by atoms with Crippen LogP contribution in [0.2, 0.25) is 0 Å². The van der Waals surface area contributed by atoms with Gasteiger partial charge >= 0.3 is 0 Å². The number of nitrogens with one attached hydrogen (secondary N) is 1. The Morgan fingerprint density at radius 2 is 2.00 bits per heavy atom. The number of quaternary nitrogens is 1. The molecular formula is C28H32N7O3S+. The van der Waals surface area contributed by atoms with Crippen LogP contribution in [0.1, 0.15) is 46.3 Å². The summed E-state index contributed by atoms with van der Waals surface area (Å²) >= 11 is 1.46. The van der Waals surface area contributed by atoms with E-state index in [1.54, 1.807) is 24.5 Å². The van der Waals surface area contributed by atoms with E-state index in [9.17, 15) is 9.59 Å². The number of anilines is 1. The number of thiazole rings is 1. The van der Waals surface area contributed by atoms with Crippen LogP contribution < -0.4 is 11.2 Å². The highest BCUT2D eigenvalue weighted by Crippen LogP contribution is 2.39. The Kier molecular flexibility index (Phi) is 6.34. The number of piperidine rings is 1. The number of hydrogen-bond acceptors (Lipinski definition) is 8. The van der Waals surface area contributed by atoms with Crippen molar-refractivity contribution < 1.29 is 18.9 Å². The molecule has 2 saturated heterocycles. The Labute approximate surface area is 231 Å². The van der Waals surface area contributed by atoms with Crippen molar-refractivity contribution in [3.8, 4) is 0 Å². The number of aryl methyl sites for hydroxylation is 2. The highest BCUT2D eigenvalue weighted by atomic mass is 32.1. The molecule has 4 aliphatic rings. The van der Waals surface area contributed by atoms with Crippen LogP contribution in [-0.4, -0.2) is 64.6 Å². The van der Waals surface area contributed by atoms with E-state index >= 15 is 0 Å². The number of amidine groups is 1. The normalized spacial score (nSPS) is 25.3. The molecule has 11 heteroatoms. The summed E-state index contributed by atoms with van der Waals surface area (Å²) < 4.78 is 5.23. The van der Waals surface area contributed by atoms with Crippen molar-refractivity contribution in [2.24, 2.45) is 27.2 Å². The largest absolute Gasteiger partial charge is 0.379 e. The first-order valence-corrected chi connectivity index (χ1v) is 13.9. The monoisotopic (exact) mass is 546 g/mol. The number of nitrogens with zero attached hydrogens (tertiary/aromatic N) is 5. The Morgan fingerprint density at radius 3 is 2.67 bits per heavy atom. The van der Waals surface area contributed by atoms with Gasteiger partial charge in [0.2, 0.25) is 11.6 Å². The molecule has 0 aliphatic carbocycles. The Hall–Kier alpha value is -3.51. The van der Waals surface area contributed by atoms with E-state index in [0.717, 1.165) is 46.9 Å². The number of fused-ring (bicyclic) bond motifs is 1. The van der Waals surface area contributed by atoms with Crippen LogP contribution in [0, 0.1) is 25.2 Å². The van der Waals surface area contributed by atoms with Gasteiger partial charge in [-0.25, -0.2) is 4.98 Å². The Balaban J connectivity index is 1.25. The molecule has 10 nitrogen and oxygen atoms in total. The highest BCUT2D eigenvalue weighted by molar-refractivity contribution is 7.15. The van der Waals surface area contributed by atoms with Gasteiger partial charge in [0.15, 0.2) is 5.13 Å². The molecule has 4 aliphatic heterocycles. The molecule has 0 radical (unpaired) electrons. The van der Waals surface area contributed by atoms with Gasteiger partial charge in [-0.3, -0.25) is 19.9 Å². The quantitative estimate of drug-likeness (QED) is 0.439. The minimum atomic E-state index is -0.433. The predicted octanol–water partition coefficient (Wildman–Crippen LogP) is 3.51. The average Bonchev–Trinajstić information content (AvgIpc) is 3.41. The standard InChI is InChI=1S/C28H31N7O3S/c1-17-18(2)39-27(31-17)33-25(36)20-8-6-19(7-9-20)24-32-23(22-13-30-10-12-35(22,24)29)21-5-4-11-34(14-21)26(37)28(3)15-38-16-28/h6-10,12-13,21H,4-5,11,14-16,29H2,1-3H3/p+1/t21-,35?/m1/s1. The predicted molar refractivity (Wildman–Crippen MR) is 150 cm³/mol. The summed E-state index contributed by atoms with van der Waals surface area (Å²) in [5.74, 6) is 7.57. The fraction of sp³-hybridized carbons (Fsp3) is 0.393. The molecular weight excluding hydrogens is 514 g/mol. The lowest BCUT2D eigenvalue weighted by molar-refractivity contribution is -0.750. The summed E-state index contributed by atoms with van der Waals surface area (Å²) in [6, 6.07) is 7.28. The zero-order chi connectivity index (χ0) is 27.4. The first-order chi connectivity index (χ1) is 18.7. The van der Waals surface area contributed by atoms with Gasteiger partial charge in [0.05, 0.1) is 42.3 Å². The summed E-state index contributed by atoms with van der Waals surface area (Å²) in [7, 11) is 0. The number of amides is 2. The van der Waals surface area contributed by atoms with Crippen LogP contribution >= 0.6 is 11.3 Å². The molecule has 3 N–H and O–H groups in total. The first kappa shape index (κ1) is 25.8. The Bertz CT molecular complexity index is 1450. The molecule has 2 amide bonds. The van der Waals surface area contributed by atoms with Gasteiger partial charge in [-0.1, -0.05) is 0 Å². The van der Waals surface area contributed by atoms with E-state index in [-0.39, 0.29) is 22.3 Å². The summed E-state index contributed by atoms with van der Waals surface area (Å²) in [6.45, 7) is 8.16. The molecule has 39 heavy (non-hydrogen) atoms. The van der Waals surface area contributed by atoms with Crippen LogP contribution in [0.3, 0.4) is 0 Å². The van der Waals surface area contributed by atoms with Crippen molar-refractivity contribution in [2.45, 2.75) is 33.6 Å². The average molecular weight is 547 g/mol. The molecule has 1 aromatic heterocycles. The Morgan fingerprint density at radius 1 is 1.23 bits per heavy atom. The molecule has 0 bridgehead atoms. The third-order valence-corrected chi connectivity index (χ3v) is 8.92. The minimum absolute atomic E-state index is 0.0501. The van der Waals surface area contributed by atoms with Crippen molar-refractivity contribution in [3.63, 3.8) is 0 Å². The molecule has 1 unspecified atom stereocenters. The van der Waals surface area contributed by atoms with Crippen molar-refractivity contribution in [2.75, 3.05) is 31.6 Å². The highest BCUT2D eigenvalue weighted by Gasteiger charge is 2.48. The maximum absolute atomic E-state index is 13.2. The zero-order valence-corrected chi connectivity index (χ0v) is 23.1. The molecule has 2 atom stereocenters. The second-order valence-corrected chi connectivity index (χ2v) is 12.1. The molecule has 0 saturated carbocycles. The van der Waals surface area contributed by atoms with Gasteiger partial charge < -0.3 is 9.64 Å². The van der Waals surface area contributed by atoms with E-state index in [1.165, 1.54) is 11.3 Å². The van der Waals surface area contributed by atoms with Crippen LogP contribution in [0.25, 0.3) is 0 Å². The second kappa shape index (κ2) is 9.60. The summed E-state index contributed by atoms with van der Waals surface area (Å²) in [5.41, 5.74) is 3.48. The molecule has 2 fully saturated rings. The van der Waals surface area contributed by atoms with Crippen LogP contribution in [-0.2, 0) is 9.53 Å². The van der Waals surface area contributed by atoms with Crippen LogP contribution in [0.15, 0.2) is 58.0 Å². The molecule has 0 spiro atoms. The topological polar surface area (TPSA) is 122 Å². The van der Waals surface area contributed by atoms with Crippen LogP contribution in [0.4, 0.5) is 5.13 Å². The fourth-order valence-corrected chi connectivity index (χ4v) is 6.28. The van der Waals surface area contributed by atoms with Gasteiger partial charge in [0.25, 0.3) is 11.7 Å². The summed E-state index contributed by atoms with van der Waals surface area (Å²) in [6.07, 6.45) is 7.07. The lowest BCUT2D eigenvalue weighted by Gasteiger charge is -2.42. The van der Waals surface area contributed by atoms with E-state index in [0.29, 0.717) is 36.3 Å². The molecule has 202 valence electrons. The molecule has 6 rings (SSSR count). The molecule has 1 aromatic carbocycles. The van der Waals surface area contributed by atoms with Gasteiger partial charge in [0, 0.05) is 29.4 Å². The summed E-state index contributed by atoms with van der Waals surface area (Å²) in [5, 5.41) is 3.46. The van der Waals surface area contributed by atoms with Crippen LogP contribution in [0.5, 0.6) is 0 Å². The van der Waals surface area contributed by atoms with Crippen molar-refractivity contribution >= 4 is 40.3 Å². The van der Waals surface area contributed by atoms with E-state index in [1.807, 2.05) is 44.0 Å². The number of allylic oxidation sites excluding steroid dienone is 1. The van der Waals surface area contributed by atoms with Gasteiger partial charge in [-0.05, 0) is 57.9 Å². The summed E-state index contributed by atoms with van der Waals surface area (Å²) in [4.78, 5) is 42.9. The van der Waals surface area contributed by atoms with E-state index < -0.39 is 5.41 Å². The number of carbonyl (C=O) groups is 2. The number of aliphatic imine (C=N–C) groups is 2. The van der Waals surface area contributed by atoms with Gasteiger partial charge in [-0.2, -0.15) is 10.8 Å². The third-order valence-electron chi connectivity index (χ3n) is 7.93. The second-order valence-electron chi connectivity index (χ2n) is 10.9. The molecule has 5 heterocycles. The number of likely N-dealkylation sites (tertiary alicyclic amines) is 1. The van der Waals surface area contributed by atoms with E-state index in [4.69, 9.17) is 15.6 Å². The van der Waals surface area contributed by atoms with Gasteiger partial charge in [-0.15, -0.1) is 15.9 Å². The number of rotatable bonds is 5. The number of ether oxygens (including phenoxy) is 1. The smallest absolute Gasteiger partial charge is 0.264 e. The molecule has 2 aromatic rings. The number of aromatic nitrogens is 1. The third kappa shape index (κ3) is 4.45. The lowest BCUT2D eigenvalue weighted by Crippen LogP contribution is -2.55. The number of nitrogens with two attached hydrogens (primary N) is 1. The maximum Gasteiger partial charge on any atom is 0.264 e. The number of carbonyl (C=O) groups excluding carboxylic acids is 2. The van der Waals surface area contributed by atoms with Crippen molar-refractivity contribution in [1.29, 1.82) is 0 Å². The van der Waals surface area contributed by atoms with E-state index in [2.05, 4.69) is 15.3 Å². The first-order valence-electron chi connectivity index (χ1n) is 13.1. The number of benzene rings is 1. The lowest BCUT2D eigenvalue weighted by atomic mass is 9.85. The van der Waals surface area contributed by atoms with Gasteiger partial charge in [0.1, 0.15) is 11.9 Å². The SMILES string of the molecule is Cc1nc(NC(=O)c2ccc(C3=NC([C@@H]4CCCN(C(=O)C5(C)COC5)C4)=C4C=NC=C[N+]34N)cc2)sc1C. The zero-order valence-electron chi connectivity index (χ0n) is 22.3. The number of hydrogen-bond donors (Lipinski definition) is 2. The van der Waals surface area contributed by atoms with Crippen molar-refractivity contribution in [1.82, 2.24) is 9.88 Å². The maximum atomic E-state index is 13.2. The van der Waals surface area contributed by atoms with Crippen molar-refractivity contribution in [3.05, 3.63) is 69.8 Å².